The Morgan fingerprint density at radius 3 is 2.50 bits per heavy atom. The Hall–Kier alpha value is -2.70. The third kappa shape index (κ3) is 5.26. The van der Waals surface area contributed by atoms with Gasteiger partial charge in [0.15, 0.2) is 6.61 Å². The predicted octanol–water partition coefficient (Wildman–Crippen LogP) is 3.12. The molecule has 7 nitrogen and oxygen atoms in total. The maximum absolute atomic E-state index is 12.2. The summed E-state index contributed by atoms with van der Waals surface area (Å²) in [6, 6.07) is 7.09. The molecule has 0 saturated heterocycles. The van der Waals surface area contributed by atoms with E-state index in [1.807, 2.05) is 0 Å². The van der Waals surface area contributed by atoms with Crippen molar-refractivity contribution in [2.24, 2.45) is 11.3 Å². The number of nitrogens with zero attached hydrogens (tertiary/aromatic N) is 1. The number of H-pyrrole nitrogens is 1. The van der Waals surface area contributed by atoms with Crippen molar-refractivity contribution >= 4 is 22.6 Å². The Morgan fingerprint density at radius 1 is 1.17 bits per heavy atom. The average Bonchev–Trinajstić information content (AvgIpc) is 2.75. The molecule has 0 radical (unpaired) electrons. The summed E-state index contributed by atoms with van der Waals surface area (Å²) in [4.78, 5) is 36.2. The van der Waals surface area contributed by atoms with Gasteiger partial charge >= 0.3 is 5.97 Å². The molecule has 1 amide bonds. The lowest BCUT2D eigenvalue weighted by Gasteiger charge is -2.39. The zero-order valence-corrected chi connectivity index (χ0v) is 18.0. The third-order valence-electron chi connectivity index (χ3n) is 6.56. The van der Waals surface area contributed by atoms with Crippen molar-refractivity contribution in [2.45, 2.75) is 65.3 Å². The second-order valence-electron chi connectivity index (χ2n) is 8.84. The number of esters is 1. The highest BCUT2D eigenvalue weighted by molar-refractivity contribution is 5.87. The minimum absolute atomic E-state index is 0.109. The zero-order valence-electron chi connectivity index (χ0n) is 18.0. The molecule has 3 rings (SSSR count). The number of hydrogen-bond acceptors (Lipinski definition) is 5. The summed E-state index contributed by atoms with van der Waals surface area (Å²) in [5.74, 6) is -0.141. The van der Waals surface area contributed by atoms with Gasteiger partial charge in [-0.3, -0.25) is 14.4 Å². The molecule has 2 N–H and O–H groups in total. The minimum Gasteiger partial charge on any atom is -0.455 e. The Morgan fingerprint density at radius 2 is 1.83 bits per heavy atom. The molecule has 7 heteroatoms. The number of aromatic amines is 1. The highest BCUT2D eigenvalue weighted by Crippen LogP contribution is 2.40. The van der Waals surface area contributed by atoms with Crippen LogP contribution in [0.25, 0.3) is 10.8 Å². The molecular formula is C23H31N3O4. The van der Waals surface area contributed by atoms with Crippen LogP contribution in [0.1, 0.15) is 58.6 Å². The fourth-order valence-electron chi connectivity index (χ4n) is 4.22. The lowest BCUT2D eigenvalue weighted by molar-refractivity contribution is -0.148. The quantitative estimate of drug-likeness (QED) is 0.679. The lowest BCUT2D eigenvalue weighted by Crippen LogP contribution is -2.41. The van der Waals surface area contributed by atoms with E-state index in [1.165, 1.54) is 0 Å². The third-order valence-corrected chi connectivity index (χ3v) is 6.56. The monoisotopic (exact) mass is 413 g/mol. The molecule has 1 saturated carbocycles. The van der Waals surface area contributed by atoms with Crippen molar-refractivity contribution in [3.63, 3.8) is 0 Å². The molecule has 1 heterocycles. The SMILES string of the molecule is CCC(C)(C)C1CCC(NC(=O)COC(=O)Cc2n[nH]c(=O)c3ccccc23)CC1. The topological polar surface area (TPSA) is 101 Å². The van der Waals surface area contributed by atoms with E-state index in [0.717, 1.165) is 32.1 Å². The summed E-state index contributed by atoms with van der Waals surface area (Å²) in [7, 11) is 0. The van der Waals surface area contributed by atoms with Gasteiger partial charge in [-0.05, 0) is 43.1 Å². The minimum atomic E-state index is -0.553. The first-order valence-electron chi connectivity index (χ1n) is 10.7. The Labute approximate surface area is 176 Å². The highest BCUT2D eigenvalue weighted by atomic mass is 16.5. The molecule has 1 aliphatic rings. The molecule has 1 aromatic carbocycles. The molecule has 0 bridgehead atoms. The highest BCUT2D eigenvalue weighted by Gasteiger charge is 2.32. The standard InChI is InChI=1S/C23H31N3O4/c1-4-23(2,3)15-9-11-16(12-10-15)24-20(27)14-30-21(28)13-19-17-7-5-6-8-18(17)22(29)26-25-19/h5-8,15-16H,4,9-14H2,1-3H3,(H,24,27)(H,26,29). The number of benzene rings is 1. The molecule has 0 unspecified atom stereocenters. The van der Waals surface area contributed by atoms with Crippen molar-refractivity contribution in [1.82, 2.24) is 15.5 Å². The molecule has 30 heavy (non-hydrogen) atoms. The second-order valence-corrected chi connectivity index (χ2v) is 8.84. The van der Waals surface area contributed by atoms with Crippen molar-refractivity contribution in [2.75, 3.05) is 6.61 Å². The van der Waals surface area contributed by atoms with Crippen LogP contribution in [0.3, 0.4) is 0 Å². The number of carbonyl (C=O) groups excluding carboxylic acids is 2. The number of nitrogens with one attached hydrogen (secondary N) is 2. The molecule has 0 spiro atoms. The molecule has 0 atom stereocenters. The molecule has 2 aromatic rings. The number of carbonyl (C=O) groups is 2. The molecule has 0 aliphatic heterocycles. The van der Waals surface area contributed by atoms with Crippen LogP contribution in [0.15, 0.2) is 29.1 Å². The summed E-state index contributed by atoms with van der Waals surface area (Å²) in [5, 5.41) is 10.4. The van der Waals surface area contributed by atoms with Gasteiger partial charge in [-0.15, -0.1) is 0 Å². The number of hydrogen-bond donors (Lipinski definition) is 2. The largest absolute Gasteiger partial charge is 0.455 e. The van der Waals surface area contributed by atoms with Gasteiger partial charge in [-0.1, -0.05) is 45.4 Å². The van der Waals surface area contributed by atoms with Crippen LogP contribution in [-0.4, -0.2) is 34.7 Å². The summed E-state index contributed by atoms with van der Waals surface area (Å²) in [6.45, 7) is 6.56. The Bertz CT molecular complexity index is 958. The predicted molar refractivity (Wildman–Crippen MR) is 115 cm³/mol. The summed E-state index contributed by atoms with van der Waals surface area (Å²) in [6.07, 6.45) is 5.18. The van der Waals surface area contributed by atoms with Crippen LogP contribution < -0.4 is 10.9 Å². The molecule has 1 aromatic heterocycles. The van der Waals surface area contributed by atoms with E-state index in [2.05, 4.69) is 36.3 Å². The first kappa shape index (κ1) is 22.0. The fourth-order valence-corrected chi connectivity index (χ4v) is 4.22. The van der Waals surface area contributed by atoms with Gasteiger partial charge < -0.3 is 10.1 Å². The molecule has 162 valence electrons. The van der Waals surface area contributed by atoms with Crippen molar-refractivity contribution in [1.29, 1.82) is 0 Å². The van der Waals surface area contributed by atoms with Gasteiger partial charge in [0.05, 0.1) is 17.5 Å². The van der Waals surface area contributed by atoms with E-state index >= 15 is 0 Å². The van der Waals surface area contributed by atoms with Crippen LogP contribution in [0, 0.1) is 11.3 Å². The van der Waals surface area contributed by atoms with E-state index < -0.39 is 5.97 Å². The maximum atomic E-state index is 12.2. The van der Waals surface area contributed by atoms with Crippen molar-refractivity contribution in [3.8, 4) is 0 Å². The normalized spacial score (nSPS) is 19.4. The van der Waals surface area contributed by atoms with Crippen LogP contribution in [0.4, 0.5) is 0 Å². The van der Waals surface area contributed by atoms with E-state index in [4.69, 9.17) is 4.74 Å². The smallest absolute Gasteiger partial charge is 0.312 e. The van der Waals surface area contributed by atoms with Gasteiger partial charge in [0.2, 0.25) is 0 Å². The number of amides is 1. The first-order chi connectivity index (χ1) is 14.3. The first-order valence-corrected chi connectivity index (χ1v) is 10.7. The molecular weight excluding hydrogens is 382 g/mol. The second kappa shape index (κ2) is 9.41. The number of ether oxygens (including phenoxy) is 1. The van der Waals surface area contributed by atoms with Gasteiger partial charge in [0.1, 0.15) is 0 Å². The Kier molecular flexibility index (Phi) is 6.90. The van der Waals surface area contributed by atoms with Crippen LogP contribution in [0.5, 0.6) is 0 Å². The van der Waals surface area contributed by atoms with Gasteiger partial charge in [-0.2, -0.15) is 5.10 Å². The number of fused-ring (bicyclic) bond motifs is 1. The van der Waals surface area contributed by atoms with Crippen LogP contribution in [0.2, 0.25) is 0 Å². The van der Waals surface area contributed by atoms with Crippen LogP contribution >= 0.6 is 0 Å². The summed E-state index contributed by atoms with van der Waals surface area (Å²) >= 11 is 0. The molecule has 1 fully saturated rings. The van der Waals surface area contributed by atoms with Gasteiger partial charge in [0.25, 0.3) is 11.5 Å². The van der Waals surface area contributed by atoms with Gasteiger partial charge in [-0.25, -0.2) is 5.10 Å². The summed E-state index contributed by atoms with van der Waals surface area (Å²) in [5.41, 5.74) is 0.455. The lowest BCUT2D eigenvalue weighted by atomic mass is 9.69. The Balaban J connectivity index is 1.46. The number of aromatic nitrogens is 2. The maximum Gasteiger partial charge on any atom is 0.312 e. The van der Waals surface area contributed by atoms with E-state index in [-0.39, 0.29) is 30.5 Å². The molecule has 1 aliphatic carbocycles. The van der Waals surface area contributed by atoms with E-state index in [9.17, 15) is 14.4 Å². The average molecular weight is 414 g/mol. The van der Waals surface area contributed by atoms with E-state index in [1.54, 1.807) is 24.3 Å². The van der Waals surface area contributed by atoms with Gasteiger partial charge in [0, 0.05) is 11.4 Å². The fraction of sp³-hybridized carbons (Fsp3) is 0.565. The summed E-state index contributed by atoms with van der Waals surface area (Å²) < 4.78 is 5.14. The van der Waals surface area contributed by atoms with Crippen molar-refractivity contribution in [3.05, 3.63) is 40.3 Å². The van der Waals surface area contributed by atoms with E-state index in [0.29, 0.717) is 27.8 Å². The zero-order chi connectivity index (χ0) is 21.7. The number of rotatable bonds is 7. The van der Waals surface area contributed by atoms with Crippen LogP contribution in [-0.2, 0) is 20.7 Å². The van der Waals surface area contributed by atoms with Crippen molar-refractivity contribution < 1.29 is 14.3 Å².